The van der Waals surface area contributed by atoms with E-state index in [0.717, 1.165) is 5.56 Å². The third kappa shape index (κ3) is 2.32. The average Bonchev–Trinajstić information content (AvgIpc) is 2.65. The topological polar surface area (TPSA) is 18.5 Å². The molecule has 1 aliphatic heterocycles. The molecule has 0 bridgehead atoms. The molecule has 1 heterocycles. The summed E-state index contributed by atoms with van der Waals surface area (Å²) in [6.45, 7) is 1.16. The van der Waals surface area contributed by atoms with Crippen LogP contribution >= 0.6 is 39.1 Å². The van der Waals surface area contributed by atoms with Crippen LogP contribution < -0.4 is 0 Å². The van der Waals surface area contributed by atoms with Crippen molar-refractivity contribution in [3.05, 3.63) is 33.8 Å². The Balaban J connectivity index is 2.42. The first-order valence-corrected chi connectivity index (χ1v) is 6.34. The van der Waals surface area contributed by atoms with Crippen LogP contribution in [0.4, 0.5) is 0 Å². The van der Waals surface area contributed by atoms with Gasteiger partial charge in [-0.05, 0) is 18.2 Å². The van der Waals surface area contributed by atoms with Gasteiger partial charge >= 0.3 is 0 Å². The monoisotopic (exact) mass is 310 g/mol. The van der Waals surface area contributed by atoms with E-state index in [-0.39, 0.29) is 0 Å². The zero-order valence-electron chi connectivity index (χ0n) is 7.80. The van der Waals surface area contributed by atoms with Gasteiger partial charge in [-0.25, -0.2) is 0 Å². The van der Waals surface area contributed by atoms with Crippen LogP contribution in [-0.4, -0.2) is 18.5 Å². The molecule has 0 aliphatic carbocycles. The minimum atomic E-state index is -0.742. The van der Waals surface area contributed by atoms with Crippen molar-refractivity contribution in [2.45, 2.75) is 5.79 Å². The van der Waals surface area contributed by atoms with Crippen LogP contribution in [0.15, 0.2) is 18.2 Å². The maximum atomic E-state index is 5.94. The van der Waals surface area contributed by atoms with E-state index in [1.54, 1.807) is 18.2 Å². The predicted octanol–water partition coefficient (Wildman–Crippen LogP) is 3.59. The number of alkyl halides is 1. The van der Waals surface area contributed by atoms with Crippen LogP contribution in [0, 0.1) is 0 Å². The number of ether oxygens (including phenoxy) is 2. The van der Waals surface area contributed by atoms with E-state index in [9.17, 15) is 0 Å². The van der Waals surface area contributed by atoms with Gasteiger partial charge in [0.05, 0.1) is 18.5 Å². The number of halogens is 3. The highest BCUT2D eigenvalue weighted by atomic mass is 79.9. The Morgan fingerprint density at radius 1 is 1.13 bits per heavy atom. The van der Waals surface area contributed by atoms with Crippen molar-refractivity contribution in [2.24, 2.45) is 0 Å². The third-order valence-electron chi connectivity index (χ3n) is 2.23. The highest BCUT2D eigenvalue weighted by Crippen LogP contribution is 2.36. The quantitative estimate of drug-likeness (QED) is 0.777. The lowest BCUT2D eigenvalue weighted by Gasteiger charge is -2.25. The molecular formula is C10H9BrCl2O2. The molecule has 0 aromatic heterocycles. The van der Waals surface area contributed by atoms with Gasteiger partial charge in [-0.15, -0.1) is 0 Å². The summed E-state index contributed by atoms with van der Waals surface area (Å²) in [7, 11) is 0. The molecule has 0 unspecified atom stereocenters. The van der Waals surface area contributed by atoms with Gasteiger partial charge in [0.25, 0.3) is 0 Å². The van der Waals surface area contributed by atoms with Crippen molar-refractivity contribution in [3.8, 4) is 0 Å². The van der Waals surface area contributed by atoms with Gasteiger partial charge < -0.3 is 9.47 Å². The lowest BCUT2D eigenvalue weighted by molar-refractivity contribution is -0.144. The summed E-state index contributed by atoms with van der Waals surface area (Å²) >= 11 is 15.3. The number of hydrogen-bond donors (Lipinski definition) is 0. The lowest BCUT2D eigenvalue weighted by Crippen LogP contribution is -2.28. The third-order valence-corrected chi connectivity index (χ3v) is 3.41. The van der Waals surface area contributed by atoms with Crippen molar-refractivity contribution in [3.63, 3.8) is 0 Å². The molecule has 15 heavy (non-hydrogen) atoms. The fraction of sp³-hybridized carbons (Fsp3) is 0.400. The smallest absolute Gasteiger partial charge is 0.205 e. The molecule has 0 saturated carbocycles. The Hall–Kier alpha value is 0.200. The molecule has 0 atom stereocenters. The van der Waals surface area contributed by atoms with Gasteiger partial charge in [0.1, 0.15) is 0 Å². The second kappa shape index (κ2) is 4.60. The van der Waals surface area contributed by atoms with E-state index in [1.165, 1.54) is 0 Å². The molecule has 82 valence electrons. The minimum absolute atomic E-state index is 0.552. The molecule has 0 N–H and O–H groups in total. The van der Waals surface area contributed by atoms with E-state index in [4.69, 9.17) is 32.7 Å². The standard InChI is InChI=1S/C10H9BrCl2O2/c11-6-10(14-1-2-15-10)7-3-8(12)5-9(13)4-7/h3-5H,1-2,6H2. The summed E-state index contributed by atoms with van der Waals surface area (Å²) in [4.78, 5) is 0. The minimum Gasteiger partial charge on any atom is -0.343 e. The van der Waals surface area contributed by atoms with Gasteiger partial charge in [0.15, 0.2) is 0 Å². The zero-order valence-corrected chi connectivity index (χ0v) is 10.9. The van der Waals surface area contributed by atoms with Gasteiger partial charge in [0.2, 0.25) is 5.79 Å². The van der Waals surface area contributed by atoms with Gasteiger partial charge in [-0.1, -0.05) is 39.1 Å². The van der Waals surface area contributed by atoms with E-state index < -0.39 is 5.79 Å². The van der Waals surface area contributed by atoms with Gasteiger partial charge in [-0.3, -0.25) is 0 Å². The highest BCUT2D eigenvalue weighted by Gasteiger charge is 2.37. The van der Waals surface area contributed by atoms with Crippen LogP contribution in [-0.2, 0) is 15.3 Å². The van der Waals surface area contributed by atoms with Crippen LogP contribution in [0.1, 0.15) is 5.56 Å². The van der Waals surface area contributed by atoms with Crippen molar-refractivity contribution in [2.75, 3.05) is 18.5 Å². The van der Waals surface area contributed by atoms with Gasteiger partial charge in [-0.2, -0.15) is 0 Å². The first-order chi connectivity index (χ1) is 7.16. The molecule has 2 nitrogen and oxygen atoms in total. The summed E-state index contributed by atoms with van der Waals surface area (Å²) in [5.74, 6) is -0.742. The summed E-state index contributed by atoms with van der Waals surface area (Å²) in [6, 6.07) is 5.30. The van der Waals surface area contributed by atoms with Crippen molar-refractivity contribution >= 4 is 39.1 Å². The summed E-state index contributed by atoms with van der Waals surface area (Å²) in [5, 5.41) is 1.71. The molecule has 2 rings (SSSR count). The zero-order chi connectivity index (χ0) is 10.9. The van der Waals surface area contributed by atoms with Crippen LogP contribution in [0.3, 0.4) is 0 Å². The van der Waals surface area contributed by atoms with E-state index in [1.807, 2.05) is 0 Å². The molecule has 1 aliphatic rings. The fourth-order valence-corrected chi connectivity index (χ4v) is 2.72. The van der Waals surface area contributed by atoms with Crippen molar-refractivity contribution in [1.82, 2.24) is 0 Å². The maximum Gasteiger partial charge on any atom is 0.205 e. The average molecular weight is 312 g/mol. The summed E-state index contributed by atoms with van der Waals surface area (Å²) < 4.78 is 11.2. The number of benzene rings is 1. The summed E-state index contributed by atoms with van der Waals surface area (Å²) in [5.41, 5.74) is 0.842. The fourth-order valence-electron chi connectivity index (χ4n) is 1.55. The molecule has 1 aromatic carbocycles. The maximum absolute atomic E-state index is 5.94. The lowest BCUT2D eigenvalue weighted by atomic mass is 10.1. The van der Waals surface area contributed by atoms with E-state index >= 15 is 0 Å². The first-order valence-electron chi connectivity index (χ1n) is 4.47. The molecular weight excluding hydrogens is 303 g/mol. The Labute approximate surface area is 107 Å². The number of rotatable bonds is 2. The molecule has 0 spiro atoms. The second-order valence-corrected chi connectivity index (χ2v) is 4.68. The van der Waals surface area contributed by atoms with E-state index in [0.29, 0.717) is 28.6 Å². The Morgan fingerprint density at radius 2 is 1.67 bits per heavy atom. The first kappa shape index (κ1) is 11.7. The molecule has 1 aromatic rings. The Bertz CT molecular complexity index is 344. The van der Waals surface area contributed by atoms with Gasteiger partial charge in [0, 0.05) is 15.6 Å². The molecule has 0 radical (unpaired) electrons. The molecule has 1 saturated heterocycles. The largest absolute Gasteiger partial charge is 0.343 e. The summed E-state index contributed by atoms with van der Waals surface area (Å²) in [6.07, 6.45) is 0. The SMILES string of the molecule is Clc1cc(Cl)cc(C2(CBr)OCCO2)c1. The van der Waals surface area contributed by atoms with Crippen molar-refractivity contribution < 1.29 is 9.47 Å². The predicted molar refractivity (Wildman–Crippen MR) is 63.8 cm³/mol. The van der Waals surface area contributed by atoms with Crippen LogP contribution in [0.25, 0.3) is 0 Å². The second-order valence-electron chi connectivity index (χ2n) is 3.24. The molecule has 1 fully saturated rings. The number of hydrogen-bond acceptors (Lipinski definition) is 2. The van der Waals surface area contributed by atoms with E-state index in [2.05, 4.69) is 15.9 Å². The Kier molecular flexibility index (Phi) is 3.58. The van der Waals surface area contributed by atoms with Crippen LogP contribution in [0.2, 0.25) is 10.0 Å². The highest BCUT2D eigenvalue weighted by molar-refractivity contribution is 9.09. The Morgan fingerprint density at radius 3 is 2.13 bits per heavy atom. The molecule has 5 heteroatoms. The molecule has 0 amide bonds. The van der Waals surface area contributed by atoms with Crippen molar-refractivity contribution in [1.29, 1.82) is 0 Å². The normalized spacial score (nSPS) is 19.4. The van der Waals surface area contributed by atoms with Crippen LogP contribution in [0.5, 0.6) is 0 Å².